The third-order valence-corrected chi connectivity index (χ3v) is 14.1. The molecule has 3 N–H and O–H groups in total. The molecule has 4 heteroatoms. The van der Waals surface area contributed by atoms with Crippen molar-refractivity contribution in [1.82, 2.24) is 5.32 Å². The van der Waals surface area contributed by atoms with E-state index >= 15 is 0 Å². The summed E-state index contributed by atoms with van der Waals surface area (Å²) in [5.41, 5.74) is 0. The van der Waals surface area contributed by atoms with Gasteiger partial charge in [-0.15, -0.1) is 0 Å². The van der Waals surface area contributed by atoms with Gasteiger partial charge in [0.05, 0.1) is 18.8 Å². The zero-order valence-electron chi connectivity index (χ0n) is 42.9. The van der Waals surface area contributed by atoms with Gasteiger partial charge in [0.2, 0.25) is 5.91 Å². The van der Waals surface area contributed by atoms with Crippen molar-refractivity contribution in [2.24, 2.45) is 0 Å². The number of nitrogens with one attached hydrogen (secondary N) is 1. The molecule has 0 aliphatic heterocycles. The molecule has 0 aliphatic carbocycles. The smallest absolute Gasteiger partial charge is 0.220 e. The van der Waals surface area contributed by atoms with Crippen molar-refractivity contribution in [2.45, 2.75) is 360 Å². The zero-order valence-corrected chi connectivity index (χ0v) is 42.9. The molecule has 2 unspecified atom stereocenters. The summed E-state index contributed by atoms with van der Waals surface area (Å²) in [6.07, 6.45) is 69.6. The van der Waals surface area contributed by atoms with Crippen LogP contribution in [-0.4, -0.2) is 34.9 Å². The van der Waals surface area contributed by atoms with Crippen molar-refractivity contribution >= 4 is 5.91 Å². The first-order valence-electron chi connectivity index (χ1n) is 29.2. The van der Waals surface area contributed by atoms with Gasteiger partial charge in [-0.3, -0.25) is 4.79 Å². The van der Waals surface area contributed by atoms with E-state index in [1.165, 1.54) is 295 Å². The first-order valence-corrected chi connectivity index (χ1v) is 29.2. The average molecular weight is 877 g/mol. The number of rotatable bonds is 55. The highest BCUT2D eigenvalue weighted by molar-refractivity contribution is 5.76. The molecule has 0 heterocycles. The lowest BCUT2D eigenvalue weighted by atomic mass is 10.0. The van der Waals surface area contributed by atoms with Crippen LogP contribution in [0.15, 0.2) is 0 Å². The fraction of sp³-hybridized carbons (Fsp3) is 0.983. The molecule has 1 amide bonds. The number of unbranched alkanes of at least 4 members (excludes halogenated alkanes) is 48. The van der Waals surface area contributed by atoms with E-state index in [0.29, 0.717) is 12.8 Å². The summed E-state index contributed by atoms with van der Waals surface area (Å²) >= 11 is 0. The number of carbonyl (C=O) groups excluding carboxylic acids is 1. The fourth-order valence-corrected chi connectivity index (χ4v) is 9.66. The molecule has 0 saturated heterocycles. The molecule has 0 aromatic heterocycles. The Morgan fingerprint density at radius 1 is 0.323 bits per heavy atom. The predicted octanol–water partition coefficient (Wildman–Crippen LogP) is 19.1. The van der Waals surface area contributed by atoms with Gasteiger partial charge < -0.3 is 15.5 Å². The predicted molar refractivity (Wildman–Crippen MR) is 276 cm³/mol. The Bertz CT molecular complexity index is 819. The first-order chi connectivity index (χ1) is 30.7. The van der Waals surface area contributed by atoms with Crippen LogP contribution in [0.1, 0.15) is 348 Å². The van der Waals surface area contributed by atoms with Crippen LogP contribution in [0.2, 0.25) is 0 Å². The normalized spacial score (nSPS) is 12.6. The van der Waals surface area contributed by atoms with Crippen molar-refractivity contribution in [3.8, 4) is 0 Å². The number of carbonyl (C=O) groups is 1. The minimum Gasteiger partial charge on any atom is -0.394 e. The summed E-state index contributed by atoms with van der Waals surface area (Å²) in [5, 5.41) is 23.4. The number of amides is 1. The van der Waals surface area contributed by atoms with E-state index in [2.05, 4.69) is 19.2 Å². The van der Waals surface area contributed by atoms with Gasteiger partial charge in [-0.25, -0.2) is 0 Å². The van der Waals surface area contributed by atoms with Gasteiger partial charge in [0.15, 0.2) is 0 Å². The van der Waals surface area contributed by atoms with Gasteiger partial charge in [0.1, 0.15) is 0 Å². The molecule has 0 aromatic rings. The van der Waals surface area contributed by atoms with Crippen LogP contribution in [0.3, 0.4) is 0 Å². The van der Waals surface area contributed by atoms with Gasteiger partial charge in [-0.2, -0.15) is 0 Å². The Kier molecular flexibility index (Phi) is 54.2. The summed E-state index contributed by atoms with van der Waals surface area (Å²) in [5.74, 6) is -0.0215. The summed E-state index contributed by atoms with van der Waals surface area (Å²) in [7, 11) is 0. The second-order valence-corrected chi connectivity index (χ2v) is 20.4. The third-order valence-electron chi connectivity index (χ3n) is 14.1. The largest absolute Gasteiger partial charge is 0.394 e. The highest BCUT2D eigenvalue weighted by atomic mass is 16.3. The van der Waals surface area contributed by atoms with Crippen LogP contribution >= 0.6 is 0 Å². The van der Waals surface area contributed by atoms with E-state index in [1.807, 2.05) is 0 Å². The summed E-state index contributed by atoms with van der Waals surface area (Å²) < 4.78 is 0. The second kappa shape index (κ2) is 54.7. The van der Waals surface area contributed by atoms with Crippen molar-refractivity contribution in [1.29, 1.82) is 0 Å². The minimum absolute atomic E-state index is 0.0215. The molecule has 62 heavy (non-hydrogen) atoms. The Labute approximate surface area is 391 Å². The number of aliphatic hydroxyl groups excluding tert-OH is 2. The van der Waals surface area contributed by atoms with Crippen LogP contribution < -0.4 is 5.32 Å². The highest BCUT2D eigenvalue weighted by Crippen LogP contribution is 2.19. The maximum absolute atomic E-state index is 12.5. The van der Waals surface area contributed by atoms with Crippen molar-refractivity contribution in [3.05, 3.63) is 0 Å². The molecular weight excluding hydrogens is 759 g/mol. The van der Waals surface area contributed by atoms with Crippen LogP contribution in [0, 0.1) is 0 Å². The van der Waals surface area contributed by atoms with E-state index in [0.717, 1.165) is 25.7 Å². The Morgan fingerprint density at radius 3 is 0.726 bits per heavy atom. The Hall–Kier alpha value is -0.610. The van der Waals surface area contributed by atoms with Crippen molar-refractivity contribution in [3.63, 3.8) is 0 Å². The topological polar surface area (TPSA) is 69.6 Å². The lowest BCUT2D eigenvalue weighted by molar-refractivity contribution is -0.123. The average Bonchev–Trinajstić information content (AvgIpc) is 3.28. The van der Waals surface area contributed by atoms with Crippen LogP contribution in [0.5, 0.6) is 0 Å². The molecule has 0 saturated carbocycles. The molecule has 2 atom stereocenters. The van der Waals surface area contributed by atoms with Gasteiger partial charge in [-0.05, 0) is 12.8 Å². The molecule has 0 bridgehead atoms. The summed E-state index contributed by atoms with van der Waals surface area (Å²) in [6.45, 7) is 4.41. The van der Waals surface area contributed by atoms with E-state index < -0.39 is 12.1 Å². The molecule has 0 spiro atoms. The van der Waals surface area contributed by atoms with E-state index in [9.17, 15) is 15.0 Å². The molecule has 0 aliphatic rings. The molecule has 0 aromatic carbocycles. The Morgan fingerprint density at radius 2 is 0.516 bits per heavy atom. The molecule has 372 valence electrons. The maximum Gasteiger partial charge on any atom is 0.220 e. The number of hydrogen-bond donors (Lipinski definition) is 3. The minimum atomic E-state index is -0.655. The van der Waals surface area contributed by atoms with Crippen LogP contribution in [0.25, 0.3) is 0 Å². The van der Waals surface area contributed by atoms with E-state index in [4.69, 9.17) is 0 Å². The lowest BCUT2D eigenvalue weighted by Crippen LogP contribution is -2.45. The van der Waals surface area contributed by atoms with Crippen LogP contribution in [0.4, 0.5) is 0 Å². The number of hydrogen-bond acceptors (Lipinski definition) is 3. The molecule has 4 nitrogen and oxygen atoms in total. The maximum atomic E-state index is 12.5. The highest BCUT2D eigenvalue weighted by Gasteiger charge is 2.20. The summed E-state index contributed by atoms with van der Waals surface area (Å²) in [4.78, 5) is 12.5. The summed E-state index contributed by atoms with van der Waals surface area (Å²) in [6, 6.07) is -0.531. The lowest BCUT2D eigenvalue weighted by Gasteiger charge is -2.22. The number of aliphatic hydroxyl groups is 2. The van der Waals surface area contributed by atoms with Crippen LogP contribution in [-0.2, 0) is 4.79 Å². The monoisotopic (exact) mass is 876 g/mol. The fourth-order valence-electron chi connectivity index (χ4n) is 9.66. The van der Waals surface area contributed by atoms with E-state index in [1.54, 1.807) is 0 Å². The van der Waals surface area contributed by atoms with Crippen molar-refractivity contribution in [2.75, 3.05) is 6.61 Å². The van der Waals surface area contributed by atoms with Gasteiger partial charge in [-0.1, -0.05) is 328 Å². The molecule has 0 fully saturated rings. The SMILES string of the molecule is CCCCCCCCCCCCCCCCCCCCCCCCCCCCCC(O)C(CO)NC(=O)CCCCCCCCCCCCCCCCCCCCCCCCC. The molecular formula is C58H117NO3. The molecule has 0 rings (SSSR count). The van der Waals surface area contributed by atoms with E-state index in [-0.39, 0.29) is 12.5 Å². The van der Waals surface area contributed by atoms with Crippen molar-refractivity contribution < 1.29 is 15.0 Å². The second-order valence-electron chi connectivity index (χ2n) is 20.4. The van der Waals surface area contributed by atoms with Gasteiger partial charge in [0, 0.05) is 6.42 Å². The quantitative estimate of drug-likeness (QED) is 0.0533. The first kappa shape index (κ1) is 61.4. The third kappa shape index (κ3) is 50.4. The zero-order chi connectivity index (χ0) is 44.9. The standard InChI is InChI=1S/C58H117NO3/c1-3-5-7-9-11-13-15-17-19-21-23-25-27-28-29-30-32-33-35-37-39-41-43-45-47-49-51-53-57(61)56(55-60)59-58(62)54-52-50-48-46-44-42-40-38-36-34-31-26-24-22-20-18-16-14-12-10-8-6-4-2/h56-57,60-61H,3-55H2,1-2H3,(H,59,62). The molecule has 0 radical (unpaired) electrons. The van der Waals surface area contributed by atoms with Gasteiger partial charge in [0.25, 0.3) is 0 Å². The van der Waals surface area contributed by atoms with Gasteiger partial charge >= 0.3 is 0 Å². The Balaban J connectivity index is 3.39.